The fourth-order valence-electron chi connectivity index (χ4n) is 2.05. The molecule has 0 saturated heterocycles. The van der Waals surface area contributed by atoms with Crippen molar-refractivity contribution >= 4 is 0 Å². The molecule has 1 saturated carbocycles. The zero-order chi connectivity index (χ0) is 11.7. The van der Waals surface area contributed by atoms with Crippen molar-refractivity contribution in [1.82, 2.24) is 0 Å². The van der Waals surface area contributed by atoms with Gasteiger partial charge in [-0.3, -0.25) is 0 Å². The fraction of sp³-hybridized carbons (Fsp3) is 0.500. The number of aliphatic hydroxyl groups excluding tert-OH is 1. The molecule has 2 atom stereocenters. The lowest BCUT2D eigenvalue weighted by molar-refractivity contribution is 0.0407. The van der Waals surface area contributed by atoms with Crippen molar-refractivity contribution in [3.05, 3.63) is 29.6 Å². The molecule has 88 valence electrons. The Morgan fingerprint density at radius 3 is 2.62 bits per heavy atom. The molecule has 4 heteroatoms. The third kappa shape index (κ3) is 2.03. The zero-order valence-corrected chi connectivity index (χ0v) is 8.94. The Kier molecular flexibility index (Phi) is 3.12. The average molecular weight is 225 g/mol. The van der Waals surface area contributed by atoms with E-state index in [1.165, 1.54) is 18.2 Å². The average Bonchev–Trinajstić information content (AvgIpc) is 2.18. The Labute approximate surface area is 93.7 Å². The molecule has 2 rings (SSSR count). The Morgan fingerprint density at radius 2 is 2.06 bits per heavy atom. The molecule has 1 aromatic carbocycles. The molecule has 0 heterocycles. The Hall–Kier alpha value is -1.13. The summed E-state index contributed by atoms with van der Waals surface area (Å²) in [6.45, 7) is 0. The highest BCUT2D eigenvalue weighted by atomic mass is 19.1. The molecule has 1 aliphatic carbocycles. The molecule has 0 radical (unpaired) electrons. The molecule has 0 unspecified atom stereocenters. The lowest BCUT2D eigenvalue weighted by Crippen LogP contribution is -2.36. The van der Waals surface area contributed by atoms with Crippen LogP contribution in [0.1, 0.15) is 30.9 Å². The number of aromatic hydroxyl groups is 1. The van der Waals surface area contributed by atoms with Crippen molar-refractivity contribution in [2.24, 2.45) is 11.7 Å². The van der Waals surface area contributed by atoms with Gasteiger partial charge in [0.1, 0.15) is 11.6 Å². The summed E-state index contributed by atoms with van der Waals surface area (Å²) in [5, 5.41) is 19.5. The molecule has 1 fully saturated rings. The highest BCUT2D eigenvalue weighted by molar-refractivity contribution is 5.35. The van der Waals surface area contributed by atoms with Gasteiger partial charge in [0, 0.05) is 5.56 Å². The molecule has 0 spiro atoms. The van der Waals surface area contributed by atoms with Crippen LogP contribution in [0.15, 0.2) is 18.2 Å². The van der Waals surface area contributed by atoms with Crippen molar-refractivity contribution in [1.29, 1.82) is 0 Å². The minimum atomic E-state index is -0.721. The number of phenolic OH excluding ortho intramolecular Hbond substituents is 1. The monoisotopic (exact) mass is 225 g/mol. The minimum Gasteiger partial charge on any atom is -0.508 e. The quantitative estimate of drug-likeness (QED) is 0.733. The van der Waals surface area contributed by atoms with Gasteiger partial charge in [0.2, 0.25) is 0 Å². The van der Waals surface area contributed by atoms with Crippen molar-refractivity contribution in [2.45, 2.75) is 31.4 Å². The van der Waals surface area contributed by atoms with Crippen LogP contribution in [0.25, 0.3) is 0 Å². The first-order valence-corrected chi connectivity index (χ1v) is 5.51. The third-order valence-electron chi connectivity index (χ3n) is 3.35. The molecular formula is C12H16FNO2. The van der Waals surface area contributed by atoms with E-state index in [1.54, 1.807) is 0 Å². The first kappa shape index (κ1) is 11.4. The van der Waals surface area contributed by atoms with Crippen molar-refractivity contribution in [3.8, 4) is 5.75 Å². The van der Waals surface area contributed by atoms with E-state index in [4.69, 9.17) is 5.73 Å². The van der Waals surface area contributed by atoms with E-state index >= 15 is 0 Å². The normalized spacial score (nSPS) is 20.2. The molecule has 3 nitrogen and oxygen atoms in total. The standard InChI is InChI=1S/C12H16FNO2/c13-8-4-5-10(15)9(6-8)11(14)12(16)7-2-1-3-7/h4-7,11-12,15-16H,1-3,14H2/t11-,12+/m1/s1. The zero-order valence-electron chi connectivity index (χ0n) is 8.94. The van der Waals surface area contributed by atoms with E-state index < -0.39 is 18.0 Å². The first-order valence-electron chi connectivity index (χ1n) is 5.51. The van der Waals surface area contributed by atoms with Crippen molar-refractivity contribution in [2.75, 3.05) is 0 Å². The largest absolute Gasteiger partial charge is 0.508 e. The molecule has 0 aliphatic heterocycles. The van der Waals surface area contributed by atoms with Crippen molar-refractivity contribution < 1.29 is 14.6 Å². The molecule has 0 aromatic heterocycles. The summed E-state index contributed by atoms with van der Waals surface area (Å²) in [6.07, 6.45) is 2.29. The fourth-order valence-corrected chi connectivity index (χ4v) is 2.05. The Morgan fingerprint density at radius 1 is 1.38 bits per heavy atom. The summed E-state index contributed by atoms with van der Waals surface area (Å²) in [6, 6.07) is 2.89. The summed E-state index contributed by atoms with van der Waals surface area (Å²) in [5.74, 6) is -0.339. The van der Waals surface area contributed by atoms with Crippen LogP contribution in [0.3, 0.4) is 0 Å². The van der Waals surface area contributed by atoms with Gasteiger partial charge in [-0.1, -0.05) is 6.42 Å². The number of rotatable bonds is 3. The maximum atomic E-state index is 13.0. The molecule has 0 amide bonds. The second kappa shape index (κ2) is 4.39. The van der Waals surface area contributed by atoms with Gasteiger partial charge < -0.3 is 15.9 Å². The van der Waals surface area contributed by atoms with Gasteiger partial charge in [-0.25, -0.2) is 4.39 Å². The molecule has 16 heavy (non-hydrogen) atoms. The summed E-state index contributed by atoms with van der Waals surface area (Å²) in [4.78, 5) is 0. The predicted octanol–water partition coefficient (Wildman–Crippen LogP) is 1.69. The number of hydrogen-bond donors (Lipinski definition) is 3. The molecule has 4 N–H and O–H groups in total. The van der Waals surface area contributed by atoms with E-state index in [0.717, 1.165) is 19.3 Å². The van der Waals surface area contributed by atoms with Crippen LogP contribution in [0.4, 0.5) is 4.39 Å². The number of benzene rings is 1. The van der Waals surface area contributed by atoms with Gasteiger partial charge in [0.05, 0.1) is 12.1 Å². The van der Waals surface area contributed by atoms with E-state index in [2.05, 4.69) is 0 Å². The van der Waals surface area contributed by atoms with Gasteiger partial charge in [-0.15, -0.1) is 0 Å². The third-order valence-corrected chi connectivity index (χ3v) is 3.35. The van der Waals surface area contributed by atoms with Crippen molar-refractivity contribution in [3.63, 3.8) is 0 Å². The summed E-state index contributed by atoms with van der Waals surface area (Å²) in [5.41, 5.74) is 6.12. The van der Waals surface area contributed by atoms with Gasteiger partial charge in [0.15, 0.2) is 0 Å². The van der Waals surface area contributed by atoms with Crippen LogP contribution in [-0.2, 0) is 0 Å². The van der Waals surface area contributed by atoms with Crippen LogP contribution in [0.2, 0.25) is 0 Å². The van der Waals surface area contributed by atoms with Gasteiger partial charge in [-0.05, 0) is 37.0 Å². The maximum Gasteiger partial charge on any atom is 0.123 e. The second-order valence-corrected chi connectivity index (χ2v) is 4.41. The predicted molar refractivity (Wildman–Crippen MR) is 58.3 cm³/mol. The lowest BCUT2D eigenvalue weighted by atomic mass is 9.77. The van der Waals surface area contributed by atoms with Gasteiger partial charge in [-0.2, -0.15) is 0 Å². The first-order chi connectivity index (χ1) is 7.59. The molecule has 1 aliphatic rings. The minimum absolute atomic E-state index is 0.0627. The lowest BCUT2D eigenvalue weighted by Gasteiger charge is -2.33. The van der Waals surface area contributed by atoms with E-state index in [0.29, 0.717) is 0 Å². The van der Waals surface area contributed by atoms with Gasteiger partial charge in [0.25, 0.3) is 0 Å². The number of phenols is 1. The number of hydrogen-bond acceptors (Lipinski definition) is 3. The summed E-state index contributed by atoms with van der Waals surface area (Å²) in [7, 11) is 0. The van der Waals surface area contributed by atoms with Crippen LogP contribution in [0.5, 0.6) is 5.75 Å². The van der Waals surface area contributed by atoms with E-state index in [9.17, 15) is 14.6 Å². The van der Waals surface area contributed by atoms with Crippen LogP contribution in [-0.4, -0.2) is 16.3 Å². The number of halogens is 1. The van der Waals surface area contributed by atoms with E-state index in [-0.39, 0.29) is 17.2 Å². The smallest absolute Gasteiger partial charge is 0.123 e. The second-order valence-electron chi connectivity index (χ2n) is 4.41. The Bertz CT molecular complexity index is 379. The van der Waals surface area contributed by atoms with Crippen LogP contribution in [0, 0.1) is 11.7 Å². The van der Waals surface area contributed by atoms with Crippen LogP contribution >= 0.6 is 0 Å². The SMILES string of the molecule is N[C@H](c1cc(F)ccc1O)[C@@H](O)C1CCC1. The Balaban J connectivity index is 2.18. The number of nitrogens with two attached hydrogens (primary N) is 1. The topological polar surface area (TPSA) is 66.5 Å². The number of aliphatic hydroxyl groups is 1. The molecular weight excluding hydrogens is 209 g/mol. The highest BCUT2D eigenvalue weighted by Gasteiger charge is 2.31. The highest BCUT2D eigenvalue weighted by Crippen LogP contribution is 2.36. The maximum absolute atomic E-state index is 13.0. The summed E-state index contributed by atoms with van der Waals surface area (Å²) >= 11 is 0. The molecule has 1 aromatic rings. The van der Waals surface area contributed by atoms with Gasteiger partial charge >= 0.3 is 0 Å². The van der Waals surface area contributed by atoms with E-state index in [1.807, 2.05) is 0 Å². The van der Waals surface area contributed by atoms with Crippen LogP contribution < -0.4 is 5.73 Å². The summed E-state index contributed by atoms with van der Waals surface area (Å²) < 4.78 is 13.0. The molecule has 0 bridgehead atoms.